The van der Waals surface area contributed by atoms with Crippen LogP contribution in [0.3, 0.4) is 0 Å². The number of nitrogens with zero attached hydrogens (tertiary/aromatic N) is 3. The van der Waals surface area contributed by atoms with Crippen molar-refractivity contribution in [1.29, 1.82) is 0 Å². The fourth-order valence-corrected chi connectivity index (χ4v) is 1.89. The lowest BCUT2D eigenvalue weighted by Gasteiger charge is -2.05. The highest BCUT2D eigenvalue weighted by Crippen LogP contribution is 2.22. The number of hydrogen-bond donors (Lipinski definition) is 1. The van der Waals surface area contributed by atoms with E-state index < -0.39 is 0 Å². The molecular weight excluding hydrogens is 232 g/mol. The minimum Gasteiger partial charge on any atom is -0.324 e. The van der Waals surface area contributed by atoms with Crippen molar-refractivity contribution in [2.24, 2.45) is 5.73 Å². The second-order valence-electron chi connectivity index (χ2n) is 3.86. The van der Waals surface area contributed by atoms with Crippen molar-refractivity contribution in [3.8, 4) is 0 Å². The summed E-state index contributed by atoms with van der Waals surface area (Å²) in [6, 6.07) is 3.93. The third kappa shape index (κ3) is 3.25. The van der Waals surface area contributed by atoms with Gasteiger partial charge in [-0.15, -0.1) is 0 Å². The van der Waals surface area contributed by atoms with E-state index in [0.717, 1.165) is 16.2 Å². The normalized spacial score (nSPS) is 12.4. The molecule has 1 atom stereocenters. The van der Waals surface area contributed by atoms with Crippen LogP contribution in [0.2, 0.25) is 0 Å². The molecule has 1 unspecified atom stereocenters. The van der Waals surface area contributed by atoms with E-state index in [1.807, 2.05) is 26.0 Å². The summed E-state index contributed by atoms with van der Waals surface area (Å²) < 4.78 is 0. The molecule has 2 heterocycles. The van der Waals surface area contributed by atoms with Crippen molar-refractivity contribution in [3.05, 3.63) is 41.9 Å². The topological polar surface area (TPSA) is 64.7 Å². The molecule has 0 aromatic carbocycles. The van der Waals surface area contributed by atoms with Gasteiger partial charge in [-0.3, -0.25) is 0 Å². The summed E-state index contributed by atoms with van der Waals surface area (Å²) >= 11 is 1.44. The van der Waals surface area contributed by atoms with Crippen molar-refractivity contribution in [2.75, 3.05) is 0 Å². The van der Waals surface area contributed by atoms with Crippen LogP contribution in [-0.2, 0) is 0 Å². The van der Waals surface area contributed by atoms with Crippen LogP contribution in [0.1, 0.15) is 24.1 Å². The molecule has 0 amide bonds. The molecular formula is C12H14N4S. The van der Waals surface area contributed by atoms with Crippen LogP contribution in [-0.4, -0.2) is 15.0 Å². The Morgan fingerprint density at radius 1 is 1.12 bits per heavy atom. The van der Waals surface area contributed by atoms with E-state index in [1.54, 1.807) is 18.6 Å². The lowest BCUT2D eigenvalue weighted by Crippen LogP contribution is -2.05. The van der Waals surface area contributed by atoms with Crippen LogP contribution in [0.25, 0.3) is 0 Å². The Morgan fingerprint density at radius 3 is 2.35 bits per heavy atom. The Balaban J connectivity index is 2.11. The van der Waals surface area contributed by atoms with Gasteiger partial charge in [0.15, 0.2) is 5.16 Å². The molecule has 2 rings (SSSR count). The quantitative estimate of drug-likeness (QED) is 0.842. The van der Waals surface area contributed by atoms with Crippen molar-refractivity contribution in [3.63, 3.8) is 0 Å². The molecule has 2 aromatic heterocycles. The van der Waals surface area contributed by atoms with E-state index in [2.05, 4.69) is 15.0 Å². The van der Waals surface area contributed by atoms with Gasteiger partial charge in [-0.25, -0.2) is 15.0 Å². The van der Waals surface area contributed by atoms with Gasteiger partial charge in [0, 0.05) is 24.6 Å². The fourth-order valence-electron chi connectivity index (χ4n) is 1.25. The van der Waals surface area contributed by atoms with Crippen LogP contribution in [0, 0.1) is 6.92 Å². The molecule has 0 spiro atoms. The molecule has 2 N–H and O–H groups in total. The van der Waals surface area contributed by atoms with Crippen molar-refractivity contribution < 1.29 is 0 Å². The molecule has 88 valence electrons. The average molecular weight is 246 g/mol. The lowest BCUT2D eigenvalue weighted by molar-refractivity contribution is 0.806. The van der Waals surface area contributed by atoms with Gasteiger partial charge in [-0.2, -0.15) is 0 Å². The third-order valence-electron chi connectivity index (χ3n) is 2.24. The zero-order chi connectivity index (χ0) is 12.3. The number of aryl methyl sites for hydroxylation is 1. The molecule has 0 radical (unpaired) electrons. The summed E-state index contributed by atoms with van der Waals surface area (Å²) in [6.45, 7) is 3.90. The summed E-state index contributed by atoms with van der Waals surface area (Å²) in [7, 11) is 0. The maximum atomic E-state index is 5.76. The lowest BCUT2D eigenvalue weighted by atomic mass is 10.2. The van der Waals surface area contributed by atoms with Gasteiger partial charge in [0.25, 0.3) is 0 Å². The van der Waals surface area contributed by atoms with Crippen LogP contribution in [0.15, 0.2) is 40.9 Å². The van der Waals surface area contributed by atoms with E-state index in [1.165, 1.54) is 11.8 Å². The highest BCUT2D eigenvalue weighted by atomic mass is 32.2. The Morgan fingerprint density at radius 2 is 1.82 bits per heavy atom. The Hall–Kier alpha value is -1.46. The molecule has 0 fully saturated rings. The minimum absolute atomic E-state index is 0.0113. The van der Waals surface area contributed by atoms with Crippen molar-refractivity contribution in [1.82, 2.24) is 15.0 Å². The van der Waals surface area contributed by atoms with Gasteiger partial charge in [0.1, 0.15) is 5.03 Å². The van der Waals surface area contributed by atoms with Gasteiger partial charge >= 0.3 is 0 Å². The molecule has 17 heavy (non-hydrogen) atoms. The number of nitrogens with two attached hydrogens (primary N) is 1. The number of aromatic nitrogens is 3. The predicted octanol–water partition coefficient (Wildman–Crippen LogP) is 2.35. The third-order valence-corrected chi connectivity index (χ3v) is 3.08. The second-order valence-corrected chi connectivity index (χ2v) is 4.85. The summed E-state index contributed by atoms with van der Waals surface area (Å²) in [5.74, 6) is 0. The first-order valence-electron chi connectivity index (χ1n) is 5.33. The van der Waals surface area contributed by atoms with Gasteiger partial charge in [-0.05, 0) is 42.8 Å². The van der Waals surface area contributed by atoms with Crippen LogP contribution in [0.5, 0.6) is 0 Å². The van der Waals surface area contributed by atoms with E-state index >= 15 is 0 Å². The SMILES string of the molecule is Cc1cnc(Sc2ccc(C(C)N)cn2)nc1. The van der Waals surface area contributed by atoms with Gasteiger partial charge < -0.3 is 5.73 Å². The molecule has 0 saturated carbocycles. The minimum atomic E-state index is 0.0113. The summed E-state index contributed by atoms with van der Waals surface area (Å²) in [5.41, 5.74) is 7.84. The monoisotopic (exact) mass is 246 g/mol. The molecule has 2 aromatic rings. The second kappa shape index (κ2) is 5.25. The predicted molar refractivity (Wildman–Crippen MR) is 67.7 cm³/mol. The fraction of sp³-hybridized carbons (Fsp3) is 0.250. The number of rotatable bonds is 3. The zero-order valence-electron chi connectivity index (χ0n) is 9.79. The van der Waals surface area contributed by atoms with Crippen LogP contribution >= 0.6 is 11.8 Å². The molecule has 0 saturated heterocycles. The first-order chi connectivity index (χ1) is 8.15. The molecule has 0 aliphatic carbocycles. The van der Waals surface area contributed by atoms with Gasteiger partial charge in [-0.1, -0.05) is 6.07 Å². The highest BCUT2D eigenvalue weighted by molar-refractivity contribution is 7.99. The van der Waals surface area contributed by atoms with Crippen molar-refractivity contribution >= 4 is 11.8 Å². The Bertz CT molecular complexity index is 479. The Kier molecular flexibility index (Phi) is 3.71. The molecule has 4 nitrogen and oxygen atoms in total. The molecule has 0 aliphatic rings. The summed E-state index contributed by atoms with van der Waals surface area (Å²) in [4.78, 5) is 12.8. The highest BCUT2D eigenvalue weighted by Gasteiger charge is 2.03. The van der Waals surface area contributed by atoms with Gasteiger partial charge in [0.05, 0.1) is 0 Å². The molecule has 5 heteroatoms. The largest absolute Gasteiger partial charge is 0.324 e. The standard InChI is InChI=1S/C12H14N4S/c1-8-5-15-12(16-6-8)17-11-4-3-10(7-14-11)9(2)13/h3-7,9H,13H2,1-2H3. The zero-order valence-corrected chi connectivity index (χ0v) is 10.6. The summed E-state index contributed by atoms with van der Waals surface area (Å²) in [6.07, 6.45) is 5.39. The van der Waals surface area contributed by atoms with E-state index in [-0.39, 0.29) is 6.04 Å². The maximum absolute atomic E-state index is 5.76. The molecule has 0 bridgehead atoms. The van der Waals surface area contributed by atoms with Crippen LogP contribution < -0.4 is 5.73 Å². The Labute approximate surface area is 105 Å². The number of pyridine rings is 1. The van der Waals surface area contributed by atoms with Crippen LogP contribution in [0.4, 0.5) is 0 Å². The first kappa shape index (κ1) is 12.0. The number of hydrogen-bond acceptors (Lipinski definition) is 5. The van der Waals surface area contributed by atoms with Crippen molar-refractivity contribution in [2.45, 2.75) is 30.1 Å². The maximum Gasteiger partial charge on any atom is 0.193 e. The first-order valence-corrected chi connectivity index (χ1v) is 6.15. The summed E-state index contributed by atoms with van der Waals surface area (Å²) in [5, 5.41) is 1.58. The van der Waals surface area contributed by atoms with E-state index in [9.17, 15) is 0 Å². The molecule has 0 aliphatic heterocycles. The smallest absolute Gasteiger partial charge is 0.193 e. The van der Waals surface area contributed by atoms with E-state index in [4.69, 9.17) is 5.73 Å². The average Bonchev–Trinajstić information content (AvgIpc) is 2.33. The van der Waals surface area contributed by atoms with Gasteiger partial charge in [0.2, 0.25) is 0 Å². The van der Waals surface area contributed by atoms with E-state index in [0.29, 0.717) is 5.16 Å².